The maximum atomic E-state index is 12.0. The van der Waals surface area contributed by atoms with Gasteiger partial charge in [-0.05, 0) is 63.3 Å². The van der Waals surface area contributed by atoms with Crippen LogP contribution in [0.1, 0.15) is 40.0 Å². The standard InChI is InChI=1S/C15H24N2O2S/c1-11(2)17-20(18,19)15-8-6-13(7-9-15)16-14-5-4-12(3)10-14/h6-9,11-12,14,16-17H,4-5,10H2,1-3H3. The molecular weight excluding hydrogens is 272 g/mol. The van der Waals surface area contributed by atoms with Gasteiger partial charge in [-0.3, -0.25) is 0 Å². The van der Waals surface area contributed by atoms with E-state index in [2.05, 4.69) is 17.0 Å². The number of anilines is 1. The van der Waals surface area contributed by atoms with Crippen LogP contribution in [0.15, 0.2) is 29.2 Å². The monoisotopic (exact) mass is 296 g/mol. The number of sulfonamides is 1. The van der Waals surface area contributed by atoms with Crippen molar-refractivity contribution in [2.24, 2.45) is 5.92 Å². The Morgan fingerprint density at radius 2 is 1.80 bits per heavy atom. The Labute approximate surface area is 122 Å². The highest BCUT2D eigenvalue weighted by Gasteiger charge is 2.21. The highest BCUT2D eigenvalue weighted by Crippen LogP contribution is 2.27. The Morgan fingerprint density at radius 3 is 2.30 bits per heavy atom. The Morgan fingerprint density at radius 1 is 1.15 bits per heavy atom. The minimum Gasteiger partial charge on any atom is -0.382 e. The van der Waals surface area contributed by atoms with Crippen molar-refractivity contribution in [3.63, 3.8) is 0 Å². The van der Waals surface area contributed by atoms with E-state index in [1.165, 1.54) is 19.3 Å². The largest absolute Gasteiger partial charge is 0.382 e. The third-order valence-electron chi connectivity index (χ3n) is 3.62. The third kappa shape index (κ3) is 3.96. The highest BCUT2D eigenvalue weighted by atomic mass is 32.2. The van der Waals surface area contributed by atoms with E-state index in [4.69, 9.17) is 0 Å². The fourth-order valence-corrected chi connectivity index (χ4v) is 3.93. The summed E-state index contributed by atoms with van der Waals surface area (Å²) < 4.78 is 26.6. The first kappa shape index (κ1) is 15.3. The van der Waals surface area contributed by atoms with Crippen LogP contribution in [-0.4, -0.2) is 20.5 Å². The average molecular weight is 296 g/mol. The molecule has 0 aliphatic heterocycles. The third-order valence-corrected chi connectivity index (χ3v) is 5.30. The molecule has 5 heteroatoms. The second kappa shape index (κ2) is 6.14. The molecule has 0 spiro atoms. The molecule has 0 aromatic heterocycles. The van der Waals surface area contributed by atoms with Gasteiger partial charge < -0.3 is 5.32 Å². The molecule has 4 nitrogen and oxygen atoms in total. The van der Waals surface area contributed by atoms with Crippen LogP contribution in [0.4, 0.5) is 5.69 Å². The lowest BCUT2D eigenvalue weighted by Crippen LogP contribution is -2.30. The summed E-state index contributed by atoms with van der Waals surface area (Å²) >= 11 is 0. The quantitative estimate of drug-likeness (QED) is 0.878. The summed E-state index contributed by atoms with van der Waals surface area (Å²) in [6.07, 6.45) is 3.65. The van der Waals surface area contributed by atoms with Crippen molar-refractivity contribution >= 4 is 15.7 Å². The molecule has 1 fully saturated rings. The van der Waals surface area contributed by atoms with Gasteiger partial charge in [0, 0.05) is 17.8 Å². The van der Waals surface area contributed by atoms with Crippen molar-refractivity contribution in [2.45, 2.75) is 57.0 Å². The lowest BCUT2D eigenvalue weighted by atomic mass is 10.1. The van der Waals surface area contributed by atoms with E-state index >= 15 is 0 Å². The van der Waals surface area contributed by atoms with E-state index in [9.17, 15) is 8.42 Å². The zero-order valence-electron chi connectivity index (χ0n) is 12.4. The predicted octanol–water partition coefficient (Wildman–Crippen LogP) is 2.97. The van der Waals surface area contributed by atoms with Crippen LogP contribution >= 0.6 is 0 Å². The van der Waals surface area contributed by atoms with Crippen molar-refractivity contribution in [1.82, 2.24) is 4.72 Å². The zero-order valence-corrected chi connectivity index (χ0v) is 13.2. The summed E-state index contributed by atoms with van der Waals surface area (Å²) in [6.45, 7) is 5.90. The van der Waals surface area contributed by atoms with Gasteiger partial charge in [0.1, 0.15) is 0 Å². The maximum absolute atomic E-state index is 12.0. The van der Waals surface area contributed by atoms with Crippen LogP contribution in [0.5, 0.6) is 0 Å². The first-order valence-electron chi connectivity index (χ1n) is 7.26. The van der Waals surface area contributed by atoms with Gasteiger partial charge in [0.05, 0.1) is 4.90 Å². The van der Waals surface area contributed by atoms with Gasteiger partial charge in [-0.15, -0.1) is 0 Å². The fourth-order valence-electron chi connectivity index (χ4n) is 2.68. The van der Waals surface area contributed by atoms with Crippen molar-refractivity contribution in [2.75, 3.05) is 5.32 Å². The summed E-state index contributed by atoms with van der Waals surface area (Å²) in [5, 5.41) is 3.48. The van der Waals surface area contributed by atoms with Gasteiger partial charge in [0.15, 0.2) is 0 Å². The smallest absolute Gasteiger partial charge is 0.240 e. The molecule has 112 valence electrons. The number of hydrogen-bond donors (Lipinski definition) is 2. The first-order valence-corrected chi connectivity index (χ1v) is 8.74. The fraction of sp³-hybridized carbons (Fsp3) is 0.600. The van der Waals surface area contributed by atoms with Crippen molar-refractivity contribution in [3.8, 4) is 0 Å². The highest BCUT2D eigenvalue weighted by molar-refractivity contribution is 7.89. The molecule has 0 amide bonds. The first-order chi connectivity index (χ1) is 9.37. The molecular formula is C15H24N2O2S. The van der Waals surface area contributed by atoms with Crippen LogP contribution in [-0.2, 0) is 10.0 Å². The SMILES string of the molecule is CC1CCC(Nc2ccc(S(=O)(=O)NC(C)C)cc2)C1. The van der Waals surface area contributed by atoms with E-state index < -0.39 is 10.0 Å². The molecule has 0 saturated heterocycles. The van der Waals surface area contributed by atoms with Gasteiger partial charge >= 0.3 is 0 Å². The van der Waals surface area contributed by atoms with Crippen molar-refractivity contribution in [1.29, 1.82) is 0 Å². The molecule has 1 aliphatic carbocycles. The number of rotatable bonds is 5. The van der Waals surface area contributed by atoms with Gasteiger partial charge in [-0.25, -0.2) is 13.1 Å². The summed E-state index contributed by atoms with van der Waals surface area (Å²) in [5.74, 6) is 0.780. The Hall–Kier alpha value is -1.07. The molecule has 20 heavy (non-hydrogen) atoms. The van der Waals surface area contributed by atoms with Crippen LogP contribution in [0.2, 0.25) is 0 Å². The average Bonchev–Trinajstić information content (AvgIpc) is 2.74. The number of hydrogen-bond acceptors (Lipinski definition) is 3. The van der Waals surface area contributed by atoms with E-state index in [0.29, 0.717) is 10.9 Å². The van der Waals surface area contributed by atoms with E-state index in [1.54, 1.807) is 12.1 Å². The van der Waals surface area contributed by atoms with Crippen LogP contribution < -0.4 is 10.0 Å². The minimum absolute atomic E-state index is 0.0993. The zero-order chi connectivity index (χ0) is 14.8. The predicted molar refractivity (Wildman–Crippen MR) is 82.3 cm³/mol. The molecule has 0 bridgehead atoms. The Balaban J connectivity index is 2.03. The molecule has 2 N–H and O–H groups in total. The second-order valence-electron chi connectivity index (χ2n) is 6.06. The molecule has 0 heterocycles. The second-order valence-corrected chi connectivity index (χ2v) is 7.77. The summed E-state index contributed by atoms with van der Waals surface area (Å²) in [6, 6.07) is 7.42. The molecule has 0 radical (unpaired) electrons. The van der Waals surface area contributed by atoms with Gasteiger partial charge in [0.2, 0.25) is 10.0 Å². The van der Waals surface area contributed by atoms with Gasteiger partial charge in [0.25, 0.3) is 0 Å². The van der Waals surface area contributed by atoms with Crippen molar-refractivity contribution in [3.05, 3.63) is 24.3 Å². The lowest BCUT2D eigenvalue weighted by Gasteiger charge is -2.15. The lowest BCUT2D eigenvalue weighted by molar-refractivity contribution is 0.570. The van der Waals surface area contributed by atoms with Crippen LogP contribution in [0, 0.1) is 5.92 Å². The summed E-state index contributed by atoms with van der Waals surface area (Å²) in [4.78, 5) is 0.316. The van der Waals surface area contributed by atoms with Crippen LogP contribution in [0.3, 0.4) is 0 Å². The van der Waals surface area contributed by atoms with E-state index in [0.717, 1.165) is 11.6 Å². The van der Waals surface area contributed by atoms with Crippen LogP contribution in [0.25, 0.3) is 0 Å². The van der Waals surface area contributed by atoms with E-state index in [1.807, 2.05) is 26.0 Å². The topological polar surface area (TPSA) is 58.2 Å². The van der Waals surface area contributed by atoms with Gasteiger partial charge in [-0.1, -0.05) is 6.92 Å². The number of benzene rings is 1. The summed E-state index contributed by atoms with van der Waals surface area (Å²) in [5.41, 5.74) is 0.993. The molecule has 2 atom stereocenters. The molecule has 1 saturated carbocycles. The molecule has 1 aliphatic rings. The number of nitrogens with one attached hydrogen (secondary N) is 2. The van der Waals surface area contributed by atoms with Crippen molar-refractivity contribution < 1.29 is 8.42 Å². The molecule has 1 aromatic rings. The normalized spacial score (nSPS) is 23.2. The minimum atomic E-state index is -3.39. The molecule has 2 rings (SSSR count). The Bertz CT molecular complexity index is 537. The molecule has 1 aromatic carbocycles. The van der Waals surface area contributed by atoms with E-state index in [-0.39, 0.29) is 6.04 Å². The summed E-state index contributed by atoms with van der Waals surface area (Å²) in [7, 11) is -3.39. The maximum Gasteiger partial charge on any atom is 0.240 e. The van der Waals surface area contributed by atoms with Gasteiger partial charge in [-0.2, -0.15) is 0 Å². The Kier molecular flexibility index (Phi) is 4.70. The molecule has 2 unspecified atom stereocenters.